The van der Waals surface area contributed by atoms with Gasteiger partial charge in [-0.1, -0.05) is 18.2 Å². The molecule has 0 aliphatic carbocycles. The third kappa shape index (κ3) is 3.44. The topological polar surface area (TPSA) is 85.3 Å². The zero-order valence-corrected chi connectivity index (χ0v) is 16.4. The van der Waals surface area contributed by atoms with Gasteiger partial charge in [-0.15, -0.1) is 10.2 Å². The minimum absolute atomic E-state index is 0. The number of carbonyl (C=O) groups is 1. The summed E-state index contributed by atoms with van der Waals surface area (Å²) < 4.78 is 20.3. The Hall–Kier alpha value is -4.33. The van der Waals surface area contributed by atoms with Gasteiger partial charge in [0.2, 0.25) is 12.2 Å². The number of anilines is 1. The molecule has 2 aromatic carbocycles. The molecule has 31 heavy (non-hydrogen) atoms. The van der Waals surface area contributed by atoms with Crippen molar-refractivity contribution < 1.29 is 15.0 Å². The van der Waals surface area contributed by atoms with E-state index in [0.29, 0.717) is 23.0 Å². The number of halogens is 1. The summed E-state index contributed by atoms with van der Waals surface area (Å²) >= 11 is 0. The van der Waals surface area contributed by atoms with Gasteiger partial charge in [0.25, 0.3) is 11.8 Å². The molecule has 1 N–H and O–H groups in total. The molecule has 0 saturated heterocycles. The predicted molar refractivity (Wildman–Crippen MR) is 115 cm³/mol. The predicted octanol–water partition coefficient (Wildman–Crippen LogP) is 5.00. The number of benzene rings is 2. The zero-order valence-electron chi connectivity index (χ0n) is 16.4. The SMILES string of the molecule is Cc1ccc(-c2cccn3c(-c4nnco4)ncc23)cc1C(=O)Nc1ccc(F)cc1.[HH]. The van der Waals surface area contributed by atoms with E-state index < -0.39 is 0 Å². The summed E-state index contributed by atoms with van der Waals surface area (Å²) in [6, 6.07) is 15.2. The van der Waals surface area contributed by atoms with Gasteiger partial charge in [0.1, 0.15) is 5.82 Å². The lowest BCUT2D eigenvalue weighted by molar-refractivity contribution is 0.102. The second-order valence-corrected chi connectivity index (χ2v) is 6.99. The fourth-order valence-electron chi connectivity index (χ4n) is 3.46. The maximum Gasteiger partial charge on any atom is 0.284 e. The monoisotopic (exact) mass is 415 g/mol. The first-order valence-electron chi connectivity index (χ1n) is 9.51. The smallest absolute Gasteiger partial charge is 0.284 e. The molecule has 1 amide bonds. The molecule has 0 unspecified atom stereocenters. The molecule has 3 heterocycles. The molecule has 0 fully saturated rings. The molecule has 5 rings (SSSR count). The third-order valence-electron chi connectivity index (χ3n) is 5.02. The normalized spacial score (nSPS) is 11.0. The van der Waals surface area contributed by atoms with Crippen molar-refractivity contribution in [3.63, 3.8) is 0 Å². The van der Waals surface area contributed by atoms with Crippen molar-refractivity contribution in [1.82, 2.24) is 19.6 Å². The third-order valence-corrected chi connectivity index (χ3v) is 5.02. The van der Waals surface area contributed by atoms with E-state index in [9.17, 15) is 9.18 Å². The van der Waals surface area contributed by atoms with Crippen molar-refractivity contribution in [3.8, 4) is 22.8 Å². The first-order chi connectivity index (χ1) is 15.1. The van der Waals surface area contributed by atoms with Crippen LogP contribution in [0.2, 0.25) is 0 Å². The molecule has 5 aromatic rings. The molecule has 0 aliphatic heterocycles. The second kappa shape index (κ2) is 7.49. The summed E-state index contributed by atoms with van der Waals surface area (Å²) in [5.41, 5.74) is 4.48. The fraction of sp³-hybridized carbons (Fsp3) is 0.0435. The van der Waals surface area contributed by atoms with Crippen LogP contribution in [0.3, 0.4) is 0 Å². The van der Waals surface area contributed by atoms with E-state index in [0.717, 1.165) is 22.2 Å². The molecule has 3 aromatic heterocycles. The Balaban J connectivity index is 0.00000245. The molecule has 8 heteroatoms. The van der Waals surface area contributed by atoms with Crippen LogP contribution >= 0.6 is 0 Å². The average molecular weight is 415 g/mol. The van der Waals surface area contributed by atoms with Crippen molar-refractivity contribution in [3.05, 3.63) is 90.3 Å². The van der Waals surface area contributed by atoms with Gasteiger partial charge in [-0.25, -0.2) is 9.37 Å². The number of hydrogen-bond acceptors (Lipinski definition) is 5. The van der Waals surface area contributed by atoms with E-state index in [4.69, 9.17) is 4.42 Å². The maximum absolute atomic E-state index is 13.1. The van der Waals surface area contributed by atoms with Crippen LogP contribution in [0.5, 0.6) is 0 Å². The van der Waals surface area contributed by atoms with Gasteiger partial charge in [-0.05, 0) is 54.4 Å². The highest BCUT2D eigenvalue weighted by Crippen LogP contribution is 2.29. The van der Waals surface area contributed by atoms with Gasteiger partial charge in [0.15, 0.2) is 0 Å². The van der Waals surface area contributed by atoms with E-state index >= 15 is 0 Å². The summed E-state index contributed by atoms with van der Waals surface area (Å²) in [6.07, 6.45) is 4.85. The lowest BCUT2D eigenvalue weighted by Crippen LogP contribution is -2.13. The Morgan fingerprint density at radius 3 is 2.77 bits per heavy atom. The molecule has 154 valence electrons. The van der Waals surface area contributed by atoms with E-state index in [1.54, 1.807) is 6.20 Å². The van der Waals surface area contributed by atoms with Gasteiger partial charge in [0.05, 0.1) is 11.7 Å². The van der Waals surface area contributed by atoms with Gasteiger partial charge in [0, 0.05) is 24.4 Å². The lowest BCUT2D eigenvalue weighted by Gasteiger charge is -2.11. The minimum atomic E-state index is -0.357. The molecule has 0 spiro atoms. The van der Waals surface area contributed by atoms with E-state index in [2.05, 4.69) is 20.5 Å². The molecular weight excluding hydrogens is 397 g/mol. The first kappa shape index (κ1) is 18.7. The average Bonchev–Trinajstić information content (AvgIpc) is 3.45. The Bertz CT molecular complexity index is 1400. The Morgan fingerprint density at radius 2 is 2.00 bits per heavy atom. The quantitative estimate of drug-likeness (QED) is 0.447. The van der Waals surface area contributed by atoms with Gasteiger partial charge in [-0.3, -0.25) is 9.20 Å². The molecule has 0 radical (unpaired) electrons. The Morgan fingerprint density at radius 1 is 1.16 bits per heavy atom. The fourth-order valence-corrected chi connectivity index (χ4v) is 3.46. The van der Waals surface area contributed by atoms with Crippen molar-refractivity contribution in [2.45, 2.75) is 6.92 Å². The standard InChI is InChI=1S/C23H16FN5O2.H2/c1-14-4-5-15(11-19(14)22(30)27-17-8-6-16(24)7-9-17)18-3-2-10-29-20(18)12-25-21(29)23-28-26-13-31-23;/h2-13H,1H3,(H,27,30);1H. The number of rotatable bonds is 4. The summed E-state index contributed by atoms with van der Waals surface area (Å²) in [7, 11) is 0. The number of amides is 1. The first-order valence-corrected chi connectivity index (χ1v) is 9.51. The van der Waals surface area contributed by atoms with Crippen LogP contribution in [-0.4, -0.2) is 25.5 Å². The number of nitrogens with zero attached hydrogens (tertiary/aromatic N) is 4. The van der Waals surface area contributed by atoms with Gasteiger partial charge in [-0.2, -0.15) is 0 Å². The van der Waals surface area contributed by atoms with Crippen molar-refractivity contribution in [1.29, 1.82) is 0 Å². The number of hydrogen-bond donors (Lipinski definition) is 1. The number of fused-ring (bicyclic) bond motifs is 1. The molecular formula is C23H18FN5O2. The number of nitrogens with one attached hydrogen (secondary N) is 1. The van der Waals surface area contributed by atoms with E-state index in [-0.39, 0.29) is 13.2 Å². The maximum atomic E-state index is 13.1. The van der Waals surface area contributed by atoms with E-state index in [1.165, 1.54) is 30.7 Å². The van der Waals surface area contributed by atoms with Crippen LogP contribution in [0.4, 0.5) is 10.1 Å². The molecule has 0 bridgehead atoms. The lowest BCUT2D eigenvalue weighted by atomic mass is 9.99. The highest BCUT2D eigenvalue weighted by molar-refractivity contribution is 6.06. The minimum Gasteiger partial charge on any atom is -0.421 e. The summed E-state index contributed by atoms with van der Waals surface area (Å²) in [4.78, 5) is 17.3. The zero-order chi connectivity index (χ0) is 21.4. The van der Waals surface area contributed by atoms with Crippen LogP contribution in [-0.2, 0) is 0 Å². The van der Waals surface area contributed by atoms with Gasteiger partial charge < -0.3 is 9.73 Å². The Kier molecular flexibility index (Phi) is 4.51. The van der Waals surface area contributed by atoms with Crippen molar-refractivity contribution >= 4 is 17.1 Å². The summed E-state index contributed by atoms with van der Waals surface area (Å²) in [5.74, 6) is 0.235. The van der Waals surface area contributed by atoms with Crippen LogP contribution in [0.25, 0.3) is 28.4 Å². The summed E-state index contributed by atoms with van der Waals surface area (Å²) in [5, 5.41) is 10.5. The number of pyridine rings is 1. The van der Waals surface area contributed by atoms with Crippen LogP contribution in [0.15, 0.2) is 77.8 Å². The number of aryl methyl sites for hydroxylation is 1. The highest BCUT2D eigenvalue weighted by Gasteiger charge is 2.16. The number of aromatic nitrogens is 4. The molecule has 0 atom stereocenters. The van der Waals surface area contributed by atoms with Crippen molar-refractivity contribution in [2.24, 2.45) is 0 Å². The highest BCUT2D eigenvalue weighted by atomic mass is 19.1. The molecule has 0 aliphatic rings. The second-order valence-electron chi connectivity index (χ2n) is 6.99. The van der Waals surface area contributed by atoms with Crippen LogP contribution < -0.4 is 5.32 Å². The van der Waals surface area contributed by atoms with Crippen LogP contribution in [0.1, 0.15) is 17.3 Å². The van der Waals surface area contributed by atoms with Gasteiger partial charge >= 0.3 is 0 Å². The molecule has 7 nitrogen and oxygen atoms in total. The van der Waals surface area contributed by atoms with Crippen LogP contribution in [0, 0.1) is 12.7 Å². The van der Waals surface area contributed by atoms with E-state index in [1.807, 2.05) is 47.9 Å². The largest absolute Gasteiger partial charge is 0.421 e. The number of imidazole rings is 1. The number of carbonyl (C=O) groups excluding carboxylic acids is 1. The molecule has 0 saturated carbocycles. The Labute approximate surface area is 177 Å². The van der Waals surface area contributed by atoms with Crippen molar-refractivity contribution in [2.75, 3.05) is 5.32 Å². The summed E-state index contributed by atoms with van der Waals surface area (Å²) in [6.45, 7) is 1.87.